The van der Waals surface area contributed by atoms with Crippen LogP contribution in [0.1, 0.15) is 13.8 Å². The van der Waals surface area contributed by atoms with Crippen LogP contribution < -0.4 is 0 Å². The SMILES string of the molecule is C[C@@H]1[C@@H](O)[C@@H](O)C(O)O[C@H]1C. The van der Waals surface area contributed by atoms with E-state index >= 15 is 0 Å². The number of ether oxygens (including phenoxy) is 1. The third kappa shape index (κ3) is 1.54. The molecule has 4 nitrogen and oxygen atoms in total. The smallest absolute Gasteiger partial charge is 0.183 e. The Labute approximate surface area is 65.4 Å². The molecule has 5 atom stereocenters. The largest absolute Gasteiger partial charge is 0.390 e. The van der Waals surface area contributed by atoms with E-state index in [1.165, 1.54) is 0 Å². The van der Waals surface area contributed by atoms with E-state index in [9.17, 15) is 5.11 Å². The minimum atomic E-state index is -1.25. The highest BCUT2D eigenvalue weighted by atomic mass is 16.6. The summed E-state index contributed by atoms with van der Waals surface area (Å²) in [7, 11) is 0. The van der Waals surface area contributed by atoms with Crippen molar-refractivity contribution in [3.05, 3.63) is 0 Å². The van der Waals surface area contributed by atoms with E-state index in [2.05, 4.69) is 0 Å². The van der Waals surface area contributed by atoms with Crippen molar-refractivity contribution in [2.75, 3.05) is 0 Å². The summed E-state index contributed by atoms with van der Waals surface area (Å²) < 4.78 is 4.93. The van der Waals surface area contributed by atoms with Crippen molar-refractivity contribution >= 4 is 0 Å². The predicted octanol–water partition coefficient (Wildman–Crippen LogP) is -0.919. The Kier molecular flexibility index (Phi) is 2.49. The molecule has 1 rings (SSSR count). The van der Waals surface area contributed by atoms with Gasteiger partial charge in [-0.25, -0.2) is 0 Å². The van der Waals surface area contributed by atoms with Crippen molar-refractivity contribution in [1.82, 2.24) is 0 Å². The van der Waals surface area contributed by atoms with Gasteiger partial charge >= 0.3 is 0 Å². The number of aliphatic hydroxyl groups excluding tert-OH is 3. The second kappa shape index (κ2) is 3.06. The highest BCUT2D eigenvalue weighted by Gasteiger charge is 2.39. The van der Waals surface area contributed by atoms with Gasteiger partial charge in [0.25, 0.3) is 0 Å². The van der Waals surface area contributed by atoms with Crippen LogP contribution in [0.3, 0.4) is 0 Å². The molecule has 1 fully saturated rings. The number of hydrogen-bond acceptors (Lipinski definition) is 4. The van der Waals surface area contributed by atoms with Crippen LogP contribution in [0.25, 0.3) is 0 Å². The van der Waals surface area contributed by atoms with E-state index in [1.807, 2.05) is 0 Å². The van der Waals surface area contributed by atoms with Crippen LogP contribution in [0.4, 0.5) is 0 Å². The Morgan fingerprint density at radius 2 is 1.55 bits per heavy atom. The van der Waals surface area contributed by atoms with E-state index in [-0.39, 0.29) is 12.0 Å². The first-order valence-corrected chi connectivity index (χ1v) is 3.73. The van der Waals surface area contributed by atoms with Gasteiger partial charge < -0.3 is 20.1 Å². The summed E-state index contributed by atoms with van der Waals surface area (Å²) in [5, 5.41) is 27.4. The van der Waals surface area contributed by atoms with Gasteiger partial charge in [-0.05, 0) is 6.92 Å². The molecule has 1 unspecified atom stereocenters. The van der Waals surface area contributed by atoms with Crippen molar-refractivity contribution in [1.29, 1.82) is 0 Å². The van der Waals surface area contributed by atoms with E-state index in [0.717, 1.165) is 0 Å². The van der Waals surface area contributed by atoms with Gasteiger partial charge in [0.05, 0.1) is 12.2 Å². The van der Waals surface area contributed by atoms with Crippen LogP contribution in [-0.4, -0.2) is 39.9 Å². The number of hydrogen-bond donors (Lipinski definition) is 3. The predicted molar refractivity (Wildman–Crippen MR) is 37.7 cm³/mol. The van der Waals surface area contributed by atoms with Crippen LogP contribution in [0.15, 0.2) is 0 Å². The van der Waals surface area contributed by atoms with Gasteiger partial charge in [-0.1, -0.05) is 6.92 Å². The second-order valence-corrected chi connectivity index (χ2v) is 3.07. The molecule has 0 saturated carbocycles. The zero-order valence-corrected chi connectivity index (χ0v) is 6.64. The third-order valence-electron chi connectivity index (χ3n) is 2.28. The van der Waals surface area contributed by atoms with Crippen LogP contribution in [0.2, 0.25) is 0 Å². The van der Waals surface area contributed by atoms with Gasteiger partial charge in [-0.15, -0.1) is 0 Å². The van der Waals surface area contributed by atoms with Gasteiger partial charge in [0.2, 0.25) is 0 Å². The van der Waals surface area contributed by atoms with Crippen molar-refractivity contribution in [3.63, 3.8) is 0 Å². The van der Waals surface area contributed by atoms with Crippen molar-refractivity contribution in [2.45, 2.75) is 38.4 Å². The Morgan fingerprint density at radius 3 is 2.09 bits per heavy atom. The quantitative estimate of drug-likeness (QED) is 0.431. The highest BCUT2D eigenvalue weighted by molar-refractivity contribution is 4.83. The third-order valence-corrected chi connectivity index (χ3v) is 2.28. The Bertz CT molecular complexity index is 124. The summed E-state index contributed by atoms with van der Waals surface area (Å²) in [6.45, 7) is 3.52. The fourth-order valence-electron chi connectivity index (χ4n) is 1.18. The normalized spacial score (nSPS) is 52.6. The molecule has 66 valence electrons. The summed E-state index contributed by atoms with van der Waals surface area (Å²) in [6.07, 6.45) is -3.55. The number of rotatable bonds is 0. The van der Waals surface area contributed by atoms with Gasteiger partial charge in [0.1, 0.15) is 6.10 Å². The maximum Gasteiger partial charge on any atom is 0.183 e. The molecule has 1 saturated heterocycles. The second-order valence-electron chi connectivity index (χ2n) is 3.07. The molecule has 1 heterocycles. The molecular formula is C7H14O4. The minimum Gasteiger partial charge on any atom is -0.390 e. The lowest BCUT2D eigenvalue weighted by Crippen LogP contribution is -2.52. The molecule has 1 aliphatic heterocycles. The van der Waals surface area contributed by atoms with Gasteiger partial charge in [0.15, 0.2) is 6.29 Å². The first-order chi connectivity index (χ1) is 5.04. The zero-order chi connectivity index (χ0) is 8.59. The van der Waals surface area contributed by atoms with Crippen molar-refractivity contribution in [3.8, 4) is 0 Å². The molecule has 3 N–H and O–H groups in total. The molecule has 0 amide bonds. The van der Waals surface area contributed by atoms with E-state index in [0.29, 0.717) is 0 Å². The maximum absolute atomic E-state index is 9.30. The molecule has 0 spiro atoms. The van der Waals surface area contributed by atoms with Gasteiger partial charge in [0, 0.05) is 5.92 Å². The van der Waals surface area contributed by atoms with E-state index in [1.54, 1.807) is 13.8 Å². The standard InChI is InChI=1S/C7H14O4/c1-3-4(2)11-7(10)6(9)5(3)8/h3-10H,1-2H3/t3-,4-,5+,6+,7?/m0/s1. The molecule has 0 bridgehead atoms. The first kappa shape index (κ1) is 8.93. The average Bonchev–Trinajstić information content (AvgIpc) is 1.97. The van der Waals surface area contributed by atoms with E-state index in [4.69, 9.17) is 14.9 Å². The summed E-state index contributed by atoms with van der Waals surface area (Å²) in [6, 6.07) is 0. The topological polar surface area (TPSA) is 69.9 Å². The zero-order valence-electron chi connectivity index (χ0n) is 6.64. The Hall–Kier alpha value is -0.160. The molecule has 1 aliphatic rings. The lowest BCUT2D eigenvalue weighted by Gasteiger charge is -2.37. The molecule has 11 heavy (non-hydrogen) atoms. The summed E-state index contributed by atoms with van der Waals surface area (Å²) >= 11 is 0. The number of aliphatic hydroxyl groups is 3. The molecular weight excluding hydrogens is 148 g/mol. The first-order valence-electron chi connectivity index (χ1n) is 3.73. The fraction of sp³-hybridized carbons (Fsp3) is 1.00. The van der Waals surface area contributed by atoms with Crippen LogP contribution in [-0.2, 0) is 4.74 Å². The monoisotopic (exact) mass is 162 g/mol. The van der Waals surface area contributed by atoms with Crippen molar-refractivity contribution in [2.24, 2.45) is 5.92 Å². The van der Waals surface area contributed by atoms with Gasteiger partial charge in [-0.3, -0.25) is 0 Å². The fourth-order valence-corrected chi connectivity index (χ4v) is 1.18. The Balaban J connectivity index is 2.63. The molecule has 0 aromatic heterocycles. The minimum absolute atomic E-state index is 0.145. The lowest BCUT2D eigenvalue weighted by atomic mass is 9.92. The molecule has 4 heteroatoms. The maximum atomic E-state index is 9.30. The Morgan fingerprint density at radius 1 is 1.00 bits per heavy atom. The summed E-state index contributed by atoms with van der Waals surface area (Å²) in [5.41, 5.74) is 0. The summed E-state index contributed by atoms with van der Waals surface area (Å²) in [5.74, 6) is -0.145. The molecule has 0 aromatic rings. The van der Waals surface area contributed by atoms with E-state index < -0.39 is 18.5 Å². The lowest BCUT2D eigenvalue weighted by molar-refractivity contribution is -0.261. The van der Waals surface area contributed by atoms with Crippen LogP contribution >= 0.6 is 0 Å². The summed E-state index contributed by atoms with van der Waals surface area (Å²) in [4.78, 5) is 0. The van der Waals surface area contributed by atoms with Crippen LogP contribution in [0.5, 0.6) is 0 Å². The van der Waals surface area contributed by atoms with Crippen molar-refractivity contribution < 1.29 is 20.1 Å². The molecule has 0 aromatic carbocycles. The van der Waals surface area contributed by atoms with Crippen LogP contribution in [0, 0.1) is 5.92 Å². The molecule has 0 aliphatic carbocycles. The average molecular weight is 162 g/mol. The molecule has 0 radical (unpaired) electrons. The highest BCUT2D eigenvalue weighted by Crippen LogP contribution is 2.23. The van der Waals surface area contributed by atoms with Gasteiger partial charge in [-0.2, -0.15) is 0 Å².